The SMILES string of the molecule is O=C(NC1CCCc2ncccc21)N1CCCCC1. The summed E-state index contributed by atoms with van der Waals surface area (Å²) in [6, 6.07) is 4.31. The quantitative estimate of drug-likeness (QED) is 0.842. The van der Waals surface area contributed by atoms with Crippen LogP contribution in [0.2, 0.25) is 0 Å². The van der Waals surface area contributed by atoms with Crippen LogP contribution in [0.25, 0.3) is 0 Å². The maximum atomic E-state index is 12.3. The van der Waals surface area contributed by atoms with Crippen molar-refractivity contribution in [3.05, 3.63) is 29.6 Å². The molecule has 2 amide bonds. The molecule has 102 valence electrons. The van der Waals surface area contributed by atoms with Gasteiger partial charge in [0, 0.05) is 25.0 Å². The normalized spacial score (nSPS) is 22.7. The fraction of sp³-hybridized carbons (Fsp3) is 0.600. The highest BCUT2D eigenvalue weighted by molar-refractivity contribution is 5.74. The molecule has 4 nitrogen and oxygen atoms in total. The van der Waals surface area contributed by atoms with E-state index in [-0.39, 0.29) is 12.1 Å². The number of pyridine rings is 1. The van der Waals surface area contributed by atoms with Crippen LogP contribution < -0.4 is 5.32 Å². The summed E-state index contributed by atoms with van der Waals surface area (Å²) in [6.07, 6.45) is 8.53. The van der Waals surface area contributed by atoms with Gasteiger partial charge in [0.05, 0.1) is 6.04 Å². The van der Waals surface area contributed by atoms with Gasteiger partial charge in [-0.15, -0.1) is 0 Å². The van der Waals surface area contributed by atoms with E-state index in [4.69, 9.17) is 0 Å². The van der Waals surface area contributed by atoms with Gasteiger partial charge in [-0.25, -0.2) is 4.79 Å². The van der Waals surface area contributed by atoms with Crippen molar-refractivity contribution in [1.82, 2.24) is 15.2 Å². The Balaban J connectivity index is 1.68. The van der Waals surface area contributed by atoms with Gasteiger partial charge in [0.1, 0.15) is 0 Å². The number of carbonyl (C=O) groups excluding carboxylic acids is 1. The van der Waals surface area contributed by atoms with Gasteiger partial charge >= 0.3 is 6.03 Å². The second-order valence-corrected chi connectivity index (χ2v) is 5.48. The Hall–Kier alpha value is -1.58. The summed E-state index contributed by atoms with van der Waals surface area (Å²) >= 11 is 0. The van der Waals surface area contributed by atoms with Crippen LogP contribution in [0.15, 0.2) is 18.3 Å². The van der Waals surface area contributed by atoms with Crippen molar-refractivity contribution in [2.24, 2.45) is 0 Å². The lowest BCUT2D eigenvalue weighted by atomic mass is 9.91. The summed E-state index contributed by atoms with van der Waals surface area (Å²) in [7, 11) is 0. The first-order valence-electron chi connectivity index (χ1n) is 7.34. The standard InChI is InChI=1S/C15H21N3O/c19-15(18-10-2-1-3-11-18)17-14-8-4-7-13-12(14)6-5-9-16-13/h5-6,9,14H,1-4,7-8,10-11H2,(H,17,19). The van der Waals surface area contributed by atoms with Gasteiger partial charge in [0.15, 0.2) is 0 Å². The molecular weight excluding hydrogens is 238 g/mol. The van der Waals surface area contributed by atoms with E-state index in [1.807, 2.05) is 17.2 Å². The lowest BCUT2D eigenvalue weighted by molar-refractivity contribution is 0.181. The Morgan fingerprint density at radius 3 is 2.95 bits per heavy atom. The molecule has 1 N–H and O–H groups in total. The van der Waals surface area contributed by atoms with E-state index in [2.05, 4.69) is 16.4 Å². The minimum Gasteiger partial charge on any atom is -0.331 e. The first-order valence-corrected chi connectivity index (χ1v) is 7.34. The van der Waals surface area contributed by atoms with E-state index >= 15 is 0 Å². The van der Waals surface area contributed by atoms with E-state index in [0.29, 0.717) is 0 Å². The molecule has 4 heteroatoms. The van der Waals surface area contributed by atoms with Crippen molar-refractivity contribution in [2.45, 2.75) is 44.6 Å². The van der Waals surface area contributed by atoms with Gasteiger partial charge in [0.25, 0.3) is 0 Å². The third-order valence-electron chi connectivity index (χ3n) is 4.15. The zero-order chi connectivity index (χ0) is 13.1. The largest absolute Gasteiger partial charge is 0.331 e. The van der Waals surface area contributed by atoms with Crippen LogP contribution in [0.4, 0.5) is 4.79 Å². The number of nitrogens with one attached hydrogen (secondary N) is 1. The molecule has 0 saturated carbocycles. The summed E-state index contributed by atoms with van der Waals surface area (Å²) in [5.74, 6) is 0. The molecule has 1 unspecified atom stereocenters. The maximum absolute atomic E-state index is 12.3. The second-order valence-electron chi connectivity index (χ2n) is 5.48. The highest BCUT2D eigenvalue weighted by atomic mass is 16.2. The monoisotopic (exact) mass is 259 g/mol. The molecular formula is C15H21N3O. The smallest absolute Gasteiger partial charge is 0.317 e. The Morgan fingerprint density at radius 2 is 2.11 bits per heavy atom. The molecule has 3 rings (SSSR count). The first kappa shape index (κ1) is 12.5. The fourth-order valence-corrected chi connectivity index (χ4v) is 3.09. The number of rotatable bonds is 1. The van der Waals surface area contributed by atoms with Crippen molar-refractivity contribution in [3.63, 3.8) is 0 Å². The van der Waals surface area contributed by atoms with Gasteiger partial charge in [-0.05, 0) is 50.2 Å². The van der Waals surface area contributed by atoms with Gasteiger partial charge in [-0.2, -0.15) is 0 Å². The number of hydrogen-bond acceptors (Lipinski definition) is 2. The minimum absolute atomic E-state index is 0.0985. The predicted octanol–water partition coefficient (Wildman–Crippen LogP) is 2.65. The predicted molar refractivity (Wildman–Crippen MR) is 73.9 cm³/mol. The molecule has 0 aromatic carbocycles. The van der Waals surface area contributed by atoms with E-state index < -0.39 is 0 Å². The molecule has 0 spiro atoms. The van der Waals surface area contributed by atoms with Crippen molar-refractivity contribution in [1.29, 1.82) is 0 Å². The molecule has 2 aliphatic rings. The average Bonchev–Trinajstić information content (AvgIpc) is 2.48. The molecule has 0 radical (unpaired) electrons. The summed E-state index contributed by atoms with van der Waals surface area (Å²) in [5, 5.41) is 3.19. The first-order chi connectivity index (χ1) is 9.34. The minimum atomic E-state index is 0.0985. The van der Waals surface area contributed by atoms with Crippen LogP contribution in [0.3, 0.4) is 0 Å². The maximum Gasteiger partial charge on any atom is 0.317 e. The second kappa shape index (κ2) is 5.59. The number of aryl methyl sites for hydroxylation is 1. The molecule has 1 aromatic rings. The van der Waals surface area contributed by atoms with Gasteiger partial charge in [0.2, 0.25) is 0 Å². The van der Waals surface area contributed by atoms with E-state index in [9.17, 15) is 4.79 Å². The van der Waals surface area contributed by atoms with Crippen molar-refractivity contribution < 1.29 is 4.79 Å². The Labute approximate surface area is 114 Å². The number of fused-ring (bicyclic) bond motifs is 1. The number of hydrogen-bond donors (Lipinski definition) is 1. The van der Waals surface area contributed by atoms with E-state index in [1.54, 1.807) is 0 Å². The summed E-state index contributed by atoms with van der Waals surface area (Å²) in [4.78, 5) is 18.6. The molecule has 19 heavy (non-hydrogen) atoms. The molecule has 0 bridgehead atoms. The number of nitrogens with zero attached hydrogens (tertiary/aromatic N) is 2. The number of piperidine rings is 1. The van der Waals surface area contributed by atoms with Crippen LogP contribution >= 0.6 is 0 Å². The molecule has 1 aliphatic carbocycles. The summed E-state index contributed by atoms with van der Waals surface area (Å²) < 4.78 is 0. The van der Waals surface area contributed by atoms with Crippen LogP contribution in [0.5, 0.6) is 0 Å². The van der Waals surface area contributed by atoms with Gasteiger partial charge < -0.3 is 10.2 Å². The van der Waals surface area contributed by atoms with Crippen LogP contribution in [0.1, 0.15) is 49.4 Å². The van der Waals surface area contributed by atoms with Crippen molar-refractivity contribution >= 4 is 6.03 Å². The van der Waals surface area contributed by atoms with Crippen LogP contribution in [-0.4, -0.2) is 29.0 Å². The lowest BCUT2D eigenvalue weighted by Gasteiger charge is -2.31. The van der Waals surface area contributed by atoms with Crippen LogP contribution in [0, 0.1) is 0 Å². The Kier molecular flexibility index (Phi) is 3.67. The third-order valence-corrected chi connectivity index (χ3v) is 4.15. The van der Waals surface area contributed by atoms with Crippen molar-refractivity contribution in [3.8, 4) is 0 Å². The molecule has 1 atom stereocenters. The zero-order valence-corrected chi connectivity index (χ0v) is 11.3. The summed E-state index contributed by atoms with van der Waals surface area (Å²) in [6.45, 7) is 1.80. The Bertz CT molecular complexity index is 454. The van der Waals surface area contributed by atoms with Crippen LogP contribution in [-0.2, 0) is 6.42 Å². The lowest BCUT2D eigenvalue weighted by Crippen LogP contribution is -2.44. The topological polar surface area (TPSA) is 45.2 Å². The average molecular weight is 259 g/mol. The molecule has 1 aliphatic heterocycles. The number of carbonyl (C=O) groups is 1. The number of aromatic nitrogens is 1. The molecule has 1 fully saturated rings. The van der Waals surface area contributed by atoms with Gasteiger partial charge in [-0.3, -0.25) is 4.98 Å². The highest BCUT2D eigenvalue weighted by Crippen LogP contribution is 2.28. The summed E-state index contributed by atoms with van der Waals surface area (Å²) in [5.41, 5.74) is 2.36. The number of amides is 2. The Morgan fingerprint density at radius 1 is 1.26 bits per heavy atom. The van der Waals surface area contributed by atoms with E-state index in [0.717, 1.165) is 50.9 Å². The number of urea groups is 1. The van der Waals surface area contributed by atoms with E-state index in [1.165, 1.54) is 12.0 Å². The third kappa shape index (κ3) is 2.72. The zero-order valence-electron chi connectivity index (χ0n) is 11.3. The highest BCUT2D eigenvalue weighted by Gasteiger charge is 2.25. The van der Waals surface area contributed by atoms with Crippen molar-refractivity contribution in [2.75, 3.05) is 13.1 Å². The molecule has 1 aromatic heterocycles. The number of likely N-dealkylation sites (tertiary alicyclic amines) is 1. The molecule has 1 saturated heterocycles. The van der Waals surface area contributed by atoms with Gasteiger partial charge in [-0.1, -0.05) is 6.07 Å². The fourth-order valence-electron chi connectivity index (χ4n) is 3.09. The molecule has 2 heterocycles.